The first-order valence-corrected chi connectivity index (χ1v) is 6.17. The van der Waals surface area contributed by atoms with Crippen LogP contribution in [0, 0.1) is 0 Å². The zero-order chi connectivity index (χ0) is 13.7. The molecule has 0 aliphatic rings. The molecule has 5 heteroatoms. The van der Waals surface area contributed by atoms with Gasteiger partial charge < -0.3 is 10.1 Å². The Morgan fingerprint density at radius 2 is 2.00 bits per heavy atom. The highest BCUT2D eigenvalue weighted by Crippen LogP contribution is 2.24. The summed E-state index contributed by atoms with van der Waals surface area (Å²) in [5.41, 5.74) is 0. The maximum absolute atomic E-state index is 11.9. The molecule has 0 aliphatic heterocycles. The molecule has 1 unspecified atom stereocenters. The van der Waals surface area contributed by atoms with Crippen molar-refractivity contribution < 1.29 is 9.53 Å². The monoisotopic (exact) mass is 276 g/mol. The van der Waals surface area contributed by atoms with Gasteiger partial charge in [0.25, 0.3) is 5.91 Å². The Morgan fingerprint density at radius 1 is 1.26 bits per heavy atom. The predicted molar refractivity (Wildman–Crippen MR) is 74.4 cm³/mol. The number of carbonyl (C=O) groups is 1. The lowest BCUT2D eigenvalue weighted by atomic mass is 10.3. The van der Waals surface area contributed by atoms with Gasteiger partial charge in [0.2, 0.25) is 0 Å². The lowest BCUT2D eigenvalue weighted by Crippen LogP contribution is -2.30. The second-order valence-electron chi connectivity index (χ2n) is 3.89. The highest BCUT2D eigenvalue weighted by Gasteiger charge is 2.16. The predicted octanol–water partition coefficient (Wildman–Crippen LogP) is 3.14. The molecule has 2 rings (SSSR count). The first-order valence-electron chi connectivity index (χ1n) is 5.80. The SMILES string of the molecule is CC(Oc1ccccc1Cl)C(=O)Nc1ccccn1. The first kappa shape index (κ1) is 13.4. The molecule has 2 aromatic rings. The van der Waals surface area contributed by atoms with E-state index in [4.69, 9.17) is 16.3 Å². The van der Waals surface area contributed by atoms with Gasteiger partial charge in [0, 0.05) is 6.20 Å². The molecule has 0 fully saturated rings. The topological polar surface area (TPSA) is 51.2 Å². The number of hydrogen-bond donors (Lipinski definition) is 1. The molecule has 0 bridgehead atoms. The molecule has 1 N–H and O–H groups in total. The number of carbonyl (C=O) groups excluding carboxylic acids is 1. The van der Waals surface area contributed by atoms with E-state index in [9.17, 15) is 4.79 Å². The molecule has 1 atom stereocenters. The number of nitrogens with one attached hydrogen (secondary N) is 1. The summed E-state index contributed by atoms with van der Waals surface area (Å²) in [7, 11) is 0. The normalized spacial score (nSPS) is 11.7. The highest BCUT2D eigenvalue weighted by atomic mass is 35.5. The quantitative estimate of drug-likeness (QED) is 0.933. The van der Waals surface area contributed by atoms with Crippen LogP contribution in [0.1, 0.15) is 6.92 Å². The van der Waals surface area contributed by atoms with Gasteiger partial charge in [0.1, 0.15) is 11.6 Å². The molecule has 1 aromatic carbocycles. The van der Waals surface area contributed by atoms with Crippen LogP contribution in [-0.4, -0.2) is 17.0 Å². The smallest absolute Gasteiger partial charge is 0.266 e. The summed E-state index contributed by atoms with van der Waals surface area (Å²) in [4.78, 5) is 15.9. The highest BCUT2D eigenvalue weighted by molar-refractivity contribution is 6.32. The molecule has 1 aromatic heterocycles. The maximum Gasteiger partial charge on any atom is 0.266 e. The number of benzene rings is 1. The Bertz CT molecular complexity index is 560. The summed E-state index contributed by atoms with van der Waals surface area (Å²) < 4.78 is 5.51. The number of pyridine rings is 1. The van der Waals surface area contributed by atoms with Gasteiger partial charge in [-0.15, -0.1) is 0 Å². The number of amides is 1. The molecule has 4 nitrogen and oxygen atoms in total. The maximum atomic E-state index is 11.9. The minimum Gasteiger partial charge on any atom is -0.479 e. The first-order chi connectivity index (χ1) is 9.16. The summed E-state index contributed by atoms with van der Waals surface area (Å²) in [6, 6.07) is 12.3. The van der Waals surface area contributed by atoms with Gasteiger partial charge in [-0.3, -0.25) is 4.79 Å². The molecule has 0 saturated carbocycles. The molecular formula is C14H13ClN2O2. The molecule has 0 spiro atoms. The van der Waals surface area contributed by atoms with Gasteiger partial charge in [-0.2, -0.15) is 0 Å². The second-order valence-corrected chi connectivity index (χ2v) is 4.30. The Labute approximate surface area is 116 Å². The molecule has 1 amide bonds. The van der Waals surface area contributed by atoms with E-state index < -0.39 is 6.10 Å². The van der Waals surface area contributed by atoms with E-state index in [1.807, 2.05) is 0 Å². The number of halogens is 1. The van der Waals surface area contributed by atoms with E-state index in [0.29, 0.717) is 16.6 Å². The Balaban J connectivity index is 1.98. The lowest BCUT2D eigenvalue weighted by Gasteiger charge is -2.15. The van der Waals surface area contributed by atoms with Crippen LogP contribution in [0.3, 0.4) is 0 Å². The summed E-state index contributed by atoms with van der Waals surface area (Å²) in [6.45, 7) is 1.65. The van der Waals surface area contributed by atoms with Crippen molar-refractivity contribution in [3.8, 4) is 5.75 Å². The van der Waals surface area contributed by atoms with Crippen molar-refractivity contribution in [3.63, 3.8) is 0 Å². The fraction of sp³-hybridized carbons (Fsp3) is 0.143. The van der Waals surface area contributed by atoms with Crippen LogP contribution in [0.2, 0.25) is 5.02 Å². The Hall–Kier alpha value is -2.07. The van der Waals surface area contributed by atoms with Crippen LogP contribution in [0.15, 0.2) is 48.7 Å². The zero-order valence-corrected chi connectivity index (χ0v) is 11.1. The Morgan fingerprint density at radius 3 is 2.68 bits per heavy atom. The molecular weight excluding hydrogens is 264 g/mol. The van der Waals surface area contributed by atoms with Gasteiger partial charge >= 0.3 is 0 Å². The number of aromatic nitrogens is 1. The summed E-state index contributed by atoms with van der Waals surface area (Å²) in [6.07, 6.45) is 0.941. The van der Waals surface area contributed by atoms with Crippen molar-refractivity contribution in [1.82, 2.24) is 4.98 Å². The van der Waals surface area contributed by atoms with E-state index in [-0.39, 0.29) is 5.91 Å². The van der Waals surface area contributed by atoms with Crippen molar-refractivity contribution in [2.24, 2.45) is 0 Å². The van der Waals surface area contributed by atoms with E-state index in [2.05, 4.69) is 10.3 Å². The van der Waals surface area contributed by atoms with E-state index in [1.54, 1.807) is 55.6 Å². The van der Waals surface area contributed by atoms with Gasteiger partial charge in [-0.05, 0) is 31.2 Å². The number of anilines is 1. The van der Waals surface area contributed by atoms with Crippen molar-refractivity contribution in [2.45, 2.75) is 13.0 Å². The molecule has 98 valence electrons. The summed E-state index contributed by atoms with van der Waals surface area (Å²) >= 11 is 5.96. The van der Waals surface area contributed by atoms with E-state index >= 15 is 0 Å². The third-order valence-electron chi connectivity index (χ3n) is 2.43. The van der Waals surface area contributed by atoms with Gasteiger partial charge in [0.05, 0.1) is 5.02 Å². The van der Waals surface area contributed by atoms with Crippen molar-refractivity contribution in [2.75, 3.05) is 5.32 Å². The largest absolute Gasteiger partial charge is 0.479 e. The fourth-order valence-electron chi connectivity index (χ4n) is 1.45. The zero-order valence-electron chi connectivity index (χ0n) is 10.3. The molecule has 0 aliphatic carbocycles. The van der Waals surface area contributed by atoms with Gasteiger partial charge in [-0.1, -0.05) is 29.8 Å². The van der Waals surface area contributed by atoms with E-state index in [1.165, 1.54) is 0 Å². The minimum absolute atomic E-state index is 0.279. The second kappa shape index (κ2) is 6.20. The van der Waals surface area contributed by atoms with Crippen molar-refractivity contribution in [1.29, 1.82) is 0 Å². The van der Waals surface area contributed by atoms with Crippen LogP contribution in [0.4, 0.5) is 5.82 Å². The van der Waals surface area contributed by atoms with Crippen molar-refractivity contribution >= 4 is 23.3 Å². The number of nitrogens with zero attached hydrogens (tertiary/aromatic N) is 1. The lowest BCUT2D eigenvalue weighted by molar-refractivity contribution is -0.122. The number of para-hydroxylation sites is 1. The Kier molecular flexibility index (Phi) is 4.36. The third-order valence-corrected chi connectivity index (χ3v) is 2.74. The fourth-order valence-corrected chi connectivity index (χ4v) is 1.63. The van der Waals surface area contributed by atoms with Crippen LogP contribution >= 0.6 is 11.6 Å². The number of rotatable bonds is 4. The molecule has 0 saturated heterocycles. The van der Waals surface area contributed by atoms with E-state index in [0.717, 1.165) is 0 Å². The van der Waals surface area contributed by atoms with Crippen molar-refractivity contribution in [3.05, 3.63) is 53.7 Å². The van der Waals surface area contributed by atoms with Gasteiger partial charge in [-0.25, -0.2) is 4.98 Å². The van der Waals surface area contributed by atoms with Crippen LogP contribution in [0.25, 0.3) is 0 Å². The molecule has 19 heavy (non-hydrogen) atoms. The average Bonchev–Trinajstić information content (AvgIpc) is 2.42. The number of hydrogen-bond acceptors (Lipinski definition) is 3. The average molecular weight is 277 g/mol. The standard InChI is InChI=1S/C14H13ClN2O2/c1-10(19-12-7-3-2-6-11(12)15)14(18)17-13-8-4-5-9-16-13/h2-10H,1H3,(H,16,17,18). The summed E-state index contributed by atoms with van der Waals surface area (Å²) in [5.74, 6) is 0.688. The molecule has 1 heterocycles. The van der Waals surface area contributed by atoms with Crippen LogP contribution in [0.5, 0.6) is 5.75 Å². The van der Waals surface area contributed by atoms with Crippen LogP contribution < -0.4 is 10.1 Å². The van der Waals surface area contributed by atoms with Gasteiger partial charge in [0.15, 0.2) is 6.10 Å². The molecule has 0 radical (unpaired) electrons. The third kappa shape index (κ3) is 3.69. The number of ether oxygens (including phenoxy) is 1. The summed E-state index contributed by atoms with van der Waals surface area (Å²) in [5, 5.41) is 3.14. The van der Waals surface area contributed by atoms with Crippen LogP contribution in [-0.2, 0) is 4.79 Å². The minimum atomic E-state index is -0.665.